The number of benzene rings is 1. The maximum atomic E-state index is 12.3. The number of hydrogen-bond acceptors (Lipinski definition) is 3. The average molecular weight is 325 g/mol. The molecular weight excluding hydrogens is 311 g/mol. The molecule has 0 bridgehead atoms. The van der Waals surface area contributed by atoms with E-state index in [1.807, 2.05) is 26.0 Å². The summed E-state index contributed by atoms with van der Waals surface area (Å²) in [6.07, 6.45) is 1.34. The van der Waals surface area contributed by atoms with Crippen molar-refractivity contribution in [1.29, 1.82) is 0 Å². The van der Waals surface area contributed by atoms with Gasteiger partial charge in [0, 0.05) is 6.20 Å². The molecule has 1 heterocycles. The number of carbonyl (C=O) groups excluding carboxylic acids is 1. The van der Waals surface area contributed by atoms with Gasteiger partial charge in [0.15, 0.2) is 0 Å². The SMILES string of the molecule is CCOc1cc(C)ccc1NC(=O)c1cc(Cl)ncc1Cl. The zero-order valence-corrected chi connectivity index (χ0v) is 13.1. The predicted molar refractivity (Wildman–Crippen MR) is 84.6 cm³/mol. The summed E-state index contributed by atoms with van der Waals surface area (Å²) >= 11 is 11.8. The third-order valence-electron chi connectivity index (χ3n) is 2.75. The number of pyridine rings is 1. The third kappa shape index (κ3) is 3.86. The molecule has 21 heavy (non-hydrogen) atoms. The van der Waals surface area contributed by atoms with Gasteiger partial charge in [-0.3, -0.25) is 4.79 Å². The molecule has 6 heteroatoms. The van der Waals surface area contributed by atoms with Gasteiger partial charge in [-0.2, -0.15) is 0 Å². The molecule has 0 atom stereocenters. The van der Waals surface area contributed by atoms with E-state index in [0.717, 1.165) is 5.56 Å². The van der Waals surface area contributed by atoms with Crippen LogP contribution in [0.5, 0.6) is 5.75 Å². The van der Waals surface area contributed by atoms with E-state index in [4.69, 9.17) is 27.9 Å². The van der Waals surface area contributed by atoms with Gasteiger partial charge in [0.25, 0.3) is 5.91 Å². The lowest BCUT2D eigenvalue weighted by atomic mass is 10.2. The van der Waals surface area contributed by atoms with Crippen LogP contribution in [0.15, 0.2) is 30.5 Å². The van der Waals surface area contributed by atoms with Crippen LogP contribution in [0.2, 0.25) is 10.2 Å². The number of amides is 1. The summed E-state index contributed by atoms with van der Waals surface area (Å²) < 4.78 is 5.52. The summed E-state index contributed by atoms with van der Waals surface area (Å²) in [5, 5.41) is 3.22. The van der Waals surface area contributed by atoms with Crippen molar-refractivity contribution in [2.45, 2.75) is 13.8 Å². The van der Waals surface area contributed by atoms with Crippen molar-refractivity contribution in [2.75, 3.05) is 11.9 Å². The number of hydrogen-bond donors (Lipinski definition) is 1. The second kappa shape index (κ2) is 6.78. The van der Waals surface area contributed by atoms with Crippen molar-refractivity contribution in [1.82, 2.24) is 4.98 Å². The fourth-order valence-electron chi connectivity index (χ4n) is 1.78. The fourth-order valence-corrected chi connectivity index (χ4v) is 2.13. The van der Waals surface area contributed by atoms with E-state index in [9.17, 15) is 4.79 Å². The highest BCUT2D eigenvalue weighted by molar-refractivity contribution is 6.35. The molecule has 1 aromatic carbocycles. The van der Waals surface area contributed by atoms with Crippen LogP contribution >= 0.6 is 23.2 Å². The number of nitrogens with one attached hydrogen (secondary N) is 1. The predicted octanol–water partition coefficient (Wildman–Crippen LogP) is 4.35. The number of aryl methyl sites for hydroxylation is 1. The average Bonchev–Trinajstić information content (AvgIpc) is 2.44. The fraction of sp³-hybridized carbons (Fsp3) is 0.200. The summed E-state index contributed by atoms with van der Waals surface area (Å²) in [6, 6.07) is 6.96. The molecule has 0 aliphatic carbocycles. The zero-order valence-electron chi connectivity index (χ0n) is 11.6. The number of carbonyl (C=O) groups is 1. The van der Waals surface area contributed by atoms with Crippen molar-refractivity contribution in [2.24, 2.45) is 0 Å². The Kier molecular flexibility index (Phi) is 5.04. The second-order valence-electron chi connectivity index (χ2n) is 4.37. The van der Waals surface area contributed by atoms with Gasteiger partial charge in [0.05, 0.1) is 22.9 Å². The van der Waals surface area contributed by atoms with Crippen molar-refractivity contribution in [3.8, 4) is 5.75 Å². The molecule has 0 saturated heterocycles. The highest BCUT2D eigenvalue weighted by atomic mass is 35.5. The Hall–Kier alpha value is -1.78. The Balaban J connectivity index is 2.29. The van der Waals surface area contributed by atoms with Gasteiger partial charge in [0.2, 0.25) is 0 Å². The van der Waals surface area contributed by atoms with E-state index in [-0.39, 0.29) is 21.6 Å². The summed E-state index contributed by atoms with van der Waals surface area (Å²) in [5.41, 5.74) is 1.89. The van der Waals surface area contributed by atoms with Crippen LogP contribution in [0, 0.1) is 6.92 Å². The molecule has 2 aromatic rings. The third-order valence-corrected chi connectivity index (χ3v) is 3.26. The van der Waals surface area contributed by atoms with Crippen molar-refractivity contribution >= 4 is 34.8 Å². The van der Waals surface area contributed by atoms with Gasteiger partial charge in [0.1, 0.15) is 10.9 Å². The molecule has 0 radical (unpaired) electrons. The van der Waals surface area contributed by atoms with Gasteiger partial charge in [-0.15, -0.1) is 0 Å². The molecular formula is C15H14Cl2N2O2. The van der Waals surface area contributed by atoms with Crippen LogP contribution in [-0.4, -0.2) is 17.5 Å². The first kappa shape index (κ1) is 15.6. The highest BCUT2D eigenvalue weighted by Gasteiger charge is 2.14. The van der Waals surface area contributed by atoms with Crippen molar-refractivity contribution in [3.63, 3.8) is 0 Å². The van der Waals surface area contributed by atoms with E-state index in [2.05, 4.69) is 10.3 Å². The number of anilines is 1. The van der Waals surface area contributed by atoms with Gasteiger partial charge in [-0.05, 0) is 37.6 Å². The molecule has 1 aromatic heterocycles. The van der Waals surface area contributed by atoms with Crippen LogP contribution in [0.4, 0.5) is 5.69 Å². The minimum atomic E-state index is -0.367. The van der Waals surface area contributed by atoms with E-state index < -0.39 is 0 Å². The topological polar surface area (TPSA) is 51.2 Å². The van der Waals surface area contributed by atoms with Crippen LogP contribution in [-0.2, 0) is 0 Å². The molecule has 0 fully saturated rings. The molecule has 110 valence electrons. The minimum absolute atomic E-state index is 0.207. The smallest absolute Gasteiger partial charge is 0.257 e. The van der Waals surface area contributed by atoms with E-state index in [1.54, 1.807) is 6.07 Å². The zero-order chi connectivity index (χ0) is 15.4. The molecule has 4 nitrogen and oxygen atoms in total. The molecule has 0 saturated carbocycles. The van der Waals surface area contributed by atoms with Crippen LogP contribution in [0.25, 0.3) is 0 Å². The second-order valence-corrected chi connectivity index (χ2v) is 5.17. The quantitative estimate of drug-likeness (QED) is 0.851. The Morgan fingerprint density at radius 3 is 2.81 bits per heavy atom. The minimum Gasteiger partial charge on any atom is -0.492 e. The van der Waals surface area contributed by atoms with Crippen LogP contribution < -0.4 is 10.1 Å². The Morgan fingerprint density at radius 2 is 2.10 bits per heavy atom. The lowest BCUT2D eigenvalue weighted by Crippen LogP contribution is -2.14. The maximum absolute atomic E-state index is 12.3. The highest BCUT2D eigenvalue weighted by Crippen LogP contribution is 2.27. The van der Waals surface area contributed by atoms with E-state index in [1.165, 1.54) is 12.3 Å². The molecule has 1 amide bonds. The summed E-state index contributed by atoms with van der Waals surface area (Å²) in [7, 11) is 0. The first-order valence-electron chi connectivity index (χ1n) is 6.37. The maximum Gasteiger partial charge on any atom is 0.257 e. The van der Waals surface area contributed by atoms with Gasteiger partial charge < -0.3 is 10.1 Å². The standard InChI is InChI=1S/C15H14Cl2N2O2/c1-3-21-13-6-9(2)4-5-12(13)19-15(20)10-7-14(17)18-8-11(10)16/h4-8H,3H2,1-2H3,(H,19,20). The van der Waals surface area contributed by atoms with Crippen molar-refractivity contribution < 1.29 is 9.53 Å². The number of aromatic nitrogens is 1. The van der Waals surface area contributed by atoms with Crippen LogP contribution in [0.1, 0.15) is 22.8 Å². The van der Waals surface area contributed by atoms with Gasteiger partial charge in [-0.25, -0.2) is 4.98 Å². The molecule has 0 aliphatic rings. The Bertz CT molecular complexity index is 675. The molecule has 0 spiro atoms. The Morgan fingerprint density at radius 1 is 1.33 bits per heavy atom. The lowest BCUT2D eigenvalue weighted by Gasteiger charge is -2.13. The first-order chi connectivity index (χ1) is 10.0. The number of nitrogens with zero attached hydrogens (tertiary/aromatic N) is 1. The summed E-state index contributed by atoms with van der Waals surface area (Å²) in [6.45, 7) is 4.34. The summed E-state index contributed by atoms with van der Waals surface area (Å²) in [4.78, 5) is 16.1. The molecule has 0 aliphatic heterocycles. The lowest BCUT2D eigenvalue weighted by molar-refractivity contribution is 0.102. The van der Waals surface area contributed by atoms with E-state index >= 15 is 0 Å². The molecule has 0 unspecified atom stereocenters. The van der Waals surface area contributed by atoms with Gasteiger partial charge in [-0.1, -0.05) is 29.3 Å². The molecule has 2 rings (SSSR count). The first-order valence-corrected chi connectivity index (χ1v) is 7.12. The van der Waals surface area contributed by atoms with Crippen LogP contribution in [0.3, 0.4) is 0 Å². The van der Waals surface area contributed by atoms with E-state index in [0.29, 0.717) is 18.0 Å². The van der Waals surface area contributed by atoms with Gasteiger partial charge >= 0.3 is 0 Å². The normalized spacial score (nSPS) is 10.3. The Labute approximate surface area is 133 Å². The van der Waals surface area contributed by atoms with Crippen molar-refractivity contribution in [3.05, 3.63) is 51.8 Å². The molecule has 1 N–H and O–H groups in total. The number of halogens is 2. The summed E-state index contributed by atoms with van der Waals surface area (Å²) in [5.74, 6) is 0.247. The largest absolute Gasteiger partial charge is 0.492 e. The number of rotatable bonds is 4. The number of ether oxygens (including phenoxy) is 1. The monoisotopic (exact) mass is 324 g/mol.